The Kier molecular flexibility index (Phi) is 21.1. The summed E-state index contributed by atoms with van der Waals surface area (Å²) in [5, 5.41) is 38.7. The molecule has 2 aromatic rings. The maximum absolute atomic E-state index is 13.0. The molecule has 16 heteroatoms. The minimum Gasteiger partial charge on any atom is -0.497 e. The van der Waals surface area contributed by atoms with Crippen molar-refractivity contribution < 1.29 is 47.7 Å². The van der Waals surface area contributed by atoms with E-state index in [1.54, 1.807) is 19.2 Å². The summed E-state index contributed by atoms with van der Waals surface area (Å²) >= 11 is 0. The summed E-state index contributed by atoms with van der Waals surface area (Å²) in [5.41, 5.74) is 4.87. The number of aromatic amines is 1. The van der Waals surface area contributed by atoms with Gasteiger partial charge in [-0.3, -0.25) is 14.5 Å². The first-order valence-electron chi connectivity index (χ1n) is 19.5. The van der Waals surface area contributed by atoms with Gasteiger partial charge in [0, 0.05) is 6.61 Å². The molecule has 1 saturated heterocycles. The third kappa shape index (κ3) is 15.7. The predicted octanol–water partition coefficient (Wildman–Crippen LogP) is 6.39. The highest BCUT2D eigenvalue weighted by molar-refractivity contribution is 7.47. The van der Waals surface area contributed by atoms with Crippen LogP contribution in [0.15, 0.2) is 41.4 Å². The zero-order chi connectivity index (χ0) is 39.9. The summed E-state index contributed by atoms with van der Waals surface area (Å²) in [6.45, 7) is 2.03. The van der Waals surface area contributed by atoms with E-state index in [1.807, 2.05) is 18.2 Å². The number of unbranched alkanes of at least 4 members (excludes halogenated alkanes) is 13. The molecule has 1 unspecified atom stereocenters. The lowest BCUT2D eigenvalue weighted by Crippen LogP contribution is -2.40. The number of hydrogen-bond acceptors (Lipinski definition) is 11. The first-order chi connectivity index (χ1) is 26.6. The van der Waals surface area contributed by atoms with Crippen molar-refractivity contribution in [1.29, 1.82) is 10.7 Å². The van der Waals surface area contributed by atoms with E-state index in [9.17, 15) is 24.9 Å². The number of ether oxygens (including phenoxy) is 4. The second-order valence-electron chi connectivity index (χ2n) is 13.9. The molecule has 7 N–H and O–H groups in total. The fourth-order valence-corrected chi connectivity index (χ4v) is 7.07. The van der Waals surface area contributed by atoms with Crippen molar-refractivity contribution in [3.63, 3.8) is 0 Å². The Hall–Kier alpha value is -3.16. The molecule has 1 fully saturated rings. The van der Waals surface area contributed by atoms with Crippen LogP contribution in [0.1, 0.15) is 114 Å². The number of phosphoric acid groups is 1. The maximum atomic E-state index is 13.0. The SMILES string of the molecule is CCCCCCCCCCCCCCCCOC[C@H](COP(=O)(O)OC[C@H]1O[C@@](C#N)(c2ccc(C(N)=NC=N)[nH]2)[C@H](O)[C@@H]1O)OCc1ccc(OC)cc1. The van der Waals surface area contributed by atoms with Crippen molar-refractivity contribution in [3.8, 4) is 11.8 Å². The number of nitrogens with two attached hydrogens (primary N) is 1. The number of nitriles is 1. The minimum absolute atomic E-state index is 0.0490. The standard InChI is InChI=1S/C39H62N5O10P/c1-3-4-5-6-7-8-9-10-11-12-13-14-15-16-23-50-25-32(51-24-30-17-19-31(49-2)20-18-30)26-52-55(47,48)53-27-34-36(45)37(46)39(28-40,54-34)35-22-21-33(44-35)38(42)43-29-41/h17-22,29,32,34,36-37,44-46H,3-16,23-27H2,1-2H3,(H,47,48)(H3,41,42,43)/t32-,34-,36-,37-,39+/m1/s1. The Bertz CT molecular complexity index is 1500. The third-order valence-corrected chi connectivity index (χ3v) is 10.6. The largest absolute Gasteiger partial charge is 0.497 e. The van der Waals surface area contributed by atoms with Crippen LogP contribution >= 0.6 is 7.82 Å². The highest BCUT2D eigenvalue weighted by Crippen LogP contribution is 2.46. The van der Waals surface area contributed by atoms with Crippen LogP contribution in [0.25, 0.3) is 0 Å². The number of nitrogens with zero attached hydrogens (tertiary/aromatic N) is 2. The summed E-state index contributed by atoms with van der Waals surface area (Å²) in [5.74, 6) is 0.650. The monoisotopic (exact) mass is 791 g/mol. The van der Waals surface area contributed by atoms with Gasteiger partial charge in [-0.25, -0.2) is 9.56 Å². The van der Waals surface area contributed by atoms with E-state index in [-0.39, 0.29) is 37.0 Å². The number of benzene rings is 1. The number of aromatic nitrogens is 1. The zero-order valence-electron chi connectivity index (χ0n) is 32.4. The van der Waals surface area contributed by atoms with Gasteiger partial charge in [-0.1, -0.05) is 103 Å². The Morgan fingerprint density at radius 1 is 1.00 bits per heavy atom. The normalized spacial score (nSPS) is 21.6. The summed E-state index contributed by atoms with van der Waals surface area (Å²) in [6.07, 6.45) is 12.8. The minimum atomic E-state index is -4.74. The quantitative estimate of drug-likeness (QED) is 0.0219. The van der Waals surface area contributed by atoms with Gasteiger partial charge in [0.2, 0.25) is 5.60 Å². The van der Waals surface area contributed by atoms with Crippen LogP contribution in [0.5, 0.6) is 5.75 Å². The molecule has 0 spiro atoms. The number of phosphoric ester groups is 1. The molecule has 0 bridgehead atoms. The summed E-state index contributed by atoms with van der Waals surface area (Å²) in [7, 11) is -3.16. The topological polar surface area (TPSA) is 235 Å². The van der Waals surface area contributed by atoms with Crippen LogP contribution in [-0.4, -0.2) is 90.2 Å². The number of aliphatic hydroxyl groups is 2. The second-order valence-corrected chi connectivity index (χ2v) is 15.3. The molecule has 1 aromatic heterocycles. The lowest BCUT2D eigenvalue weighted by molar-refractivity contribution is -0.0682. The van der Waals surface area contributed by atoms with Crippen molar-refractivity contribution >= 4 is 20.0 Å². The smallest absolute Gasteiger partial charge is 0.472 e. The number of amidine groups is 1. The van der Waals surface area contributed by atoms with Crippen molar-refractivity contribution in [3.05, 3.63) is 53.3 Å². The Morgan fingerprint density at radius 2 is 1.62 bits per heavy atom. The van der Waals surface area contributed by atoms with Gasteiger partial charge >= 0.3 is 7.82 Å². The molecule has 55 heavy (non-hydrogen) atoms. The lowest BCUT2D eigenvalue weighted by Gasteiger charge is -2.23. The van der Waals surface area contributed by atoms with E-state index >= 15 is 0 Å². The Morgan fingerprint density at radius 3 is 2.20 bits per heavy atom. The highest BCUT2D eigenvalue weighted by Gasteiger charge is 2.57. The molecule has 0 amide bonds. The van der Waals surface area contributed by atoms with Gasteiger partial charge < -0.3 is 44.8 Å². The number of aliphatic hydroxyl groups excluding tert-OH is 2. The molecule has 3 rings (SSSR count). The Labute approximate surface area is 325 Å². The fourth-order valence-electron chi connectivity index (χ4n) is 6.31. The van der Waals surface area contributed by atoms with Crippen LogP contribution in [0, 0.1) is 16.7 Å². The number of aliphatic imine (C=N–C) groups is 1. The van der Waals surface area contributed by atoms with Gasteiger partial charge in [0.1, 0.15) is 48.4 Å². The molecular weight excluding hydrogens is 729 g/mol. The van der Waals surface area contributed by atoms with Gasteiger partial charge in [-0.15, -0.1) is 0 Å². The van der Waals surface area contributed by atoms with E-state index in [2.05, 4.69) is 16.9 Å². The molecular formula is C39H62N5O10P. The molecule has 6 atom stereocenters. The van der Waals surface area contributed by atoms with Crippen LogP contribution in [0.2, 0.25) is 0 Å². The van der Waals surface area contributed by atoms with Crippen LogP contribution in [0.3, 0.4) is 0 Å². The predicted molar refractivity (Wildman–Crippen MR) is 209 cm³/mol. The van der Waals surface area contributed by atoms with Crippen molar-refractivity contribution in [1.82, 2.24) is 4.98 Å². The molecule has 1 aliphatic heterocycles. The first kappa shape index (κ1) is 46.2. The van der Waals surface area contributed by atoms with E-state index in [4.69, 9.17) is 39.1 Å². The number of methoxy groups -OCH3 is 1. The van der Waals surface area contributed by atoms with Crippen LogP contribution in [0.4, 0.5) is 0 Å². The van der Waals surface area contributed by atoms with E-state index in [0.717, 1.165) is 31.2 Å². The molecule has 15 nitrogen and oxygen atoms in total. The second kappa shape index (κ2) is 25.2. The van der Waals surface area contributed by atoms with Crippen molar-refractivity contribution in [2.24, 2.45) is 10.7 Å². The molecule has 308 valence electrons. The Balaban J connectivity index is 1.44. The van der Waals surface area contributed by atoms with E-state index < -0.39 is 44.4 Å². The van der Waals surface area contributed by atoms with Gasteiger partial charge in [0.25, 0.3) is 0 Å². The summed E-state index contributed by atoms with van der Waals surface area (Å²) in [4.78, 5) is 17.0. The van der Waals surface area contributed by atoms with Crippen LogP contribution < -0.4 is 10.5 Å². The molecule has 1 aromatic carbocycles. The number of H-pyrrole nitrogens is 1. The number of hydrogen-bond donors (Lipinski definition) is 6. The van der Waals surface area contributed by atoms with E-state index in [1.165, 1.54) is 82.8 Å². The van der Waals surface area contributed by atoms with Gasteiger partial charge in [0.15, 0.2) is 0 Å². The first-order valence-corrected chi connectivity index (χ1v) is 21.0. The zero-order valence-corrected chi connectivity index (χ0v) is 33.3. The van der Waals surface area contributed by atoms with Gasteiger partial charge in [0.05, 0.1) is 44.9 Å². The summed E-state index contributed by atoms with van der Waals surface area (Å²) < 4.78 is 46.3. The molecule has 0 saturated carbocycles. The van der Waals surface area contributed by atoms with Crippen LogP contribution in [-0.2, 0) is 40.0 Å². The number of rotatable bonds is 30. The maximum Gasteiger partial charge on any atom is 0.472 e. The highest BCUT2D eigenvalue weighted by atomic mass is 31.2. The molecule has 0 aliphatic carbocycles. The number of nitrogens with one attached hydrogen (secondary N) is 2. The van der Waals surface area contributed by atoms with Crippen molar-refractivity contribution in [2.75, 3.05) is 33.5 Å². The average molecular weight is 792 g/mol. The molecule has 0 radical (unpaired) electrons. The average Bonchev–Trinajstić information content (AvgIpc) is 3.78. The summed E-state index contributed by atoms with van der Waals surface area (Å²) in [6, 6.07) is 12.1. The molecule has 1 aliphatic rings. The third-order valence-electron chi connectivity index (χ3n) is 9.61. The van der Waals surface area contributed by atoms with Gasteiger partial charge in [-0.05, 0) is 36.2 Å². The van der Waals surface area contributed by atoms with Gasteiger partial charge in [-0.2, -0.15) is 5.26 Å². The lowest BCUT2D eigenvalue weighted by atomic mass is 9.93. The van der Waals surface area contributed by atoms with E-state index in [0.29, 0.717) is 12.4 Å². The molecule has 2 heterocycles. The fraction of sp³-hybridized carbons (Fsp3) is 0.667. The van der Waals surface area contributed by atoms with Crippen molar-refractivity contribution in [2.45, 2.75) is 133 Å².